The summed E-state index contributed by atoms with van der Waals surface area (Å²) < 4.78 is 2.01. The second-order valence-electron chi connectivity index (χ2n) is 5.86. The molecule has 5 nitrogen and oxygen atoms in total. The number of nitrogens with zero attached hydrogens (tertiary/aromatic N) is 2. The summed E-state index contributed by atoms with van der Waals surface area (Å²) in [5, 5.41) is 6.33. The SMILES string of the molecule is CC(C)Cn1ccnc1NC(=O)[C@H]1CCN[C@@H](C)C1.Cl. The van der Waals surface area contributed by atoms with Gasteiger partial charge in [-0.3, -0.25) is 10.1 Å². The van der Waals surface area contributed by atoms with Crippen molar-refractivity contribution in [3.63, 3.8) is 0 Å². The maximum absolute atomic E-state index is 12.3. The number of carbonyl (C=O) groups is 1. The van der Waals surface area contributed by atoms with Crippen LogP contribution >= 0.6 is 12.4 Å². The average molecular weight is 301 g/mol. The molecule has 1 amide bonds. The van der Waals surface area contributed by atoms with Gasteiger partial charge in [-0.2, -0.15) is 0 Å². The number of nitrogens with one attached hydrogen (secondary N) is 2. The quantitative estimate of drug-likeness (QED) is 0.897. The third-order valence-corrected chi connectivity index (χ3v) is 3.51. The van der Waals surface area contributed by atoms with E-state index >= 15 is 0 Å². The van der Waals surface area contributed by atoms with Crippen molar-refractivity contribution in [2.75, 3.05) is 11.9 Å². The summed E-state index contributed by atoms with van der Waals surface area (Å²) in [4.78, 5) is 16.5. The Morgan fingerprint density at radius 2 is 2.35 bits per heavy atom. The lowest BCUT2D eigenvalue weighted by molar-refractivity contribution is -0.120. The number of hydrogen-bond acceptors (Lipinski definition) is 3. The van der Waals surface area contributed by atoms with E-state index in [4.69, 9.17) is 0 Å². The van der Waals surface area contributed by atoms with Crippen LogP contribution in [0.15, 0.2) is 12.4 Å². The van der Waals surface area contributed by atoms with Gasteiger partial charge >= 0.3 is 0 Å². The highest BCUT2D eigenvalue weighted by Gasteiger charge is 2.25. The fourth-order valence-corrected chi connectivity index (χ4v) is 2.56. The summed E-state index contributed by atoms with van der Waals surface area (Å²) in [6, 6.07) is 0.417. The van der Waals surface area contributed by atoms with Crippen LogP contribution in [0.2, 0.25) is 0 Å². The first kappa shape index (κ1) is 17.0. The Kier molecular flexibility index (Phi) is 6.49. The summed E-state index contributed by atoms with van der Waals surface area (Å²) in [7, 11) is 0. The van der Waals surface area contributed by atoms with Crippen LogP contribution in [-0.2, 0) is 11.3 Å². The van der Waals surface area contributed by atoms with E-state index in [1.807, 2.05) is 10.8 Å². The number of carbonyl (C=O) groups excluding carboxylic acids is 1. The number of anilines is 1. The molecule has 1 aromatic rings. The Morgan fingerprint density at radius 3 is 3.00 bits per heavy atom. The number of halogens is 1. The molecule has 2 rings (SSSR count). The van der Waals surface area contributed by atoms with Gasteiger partial charge in [0.2, 0.25) is 11.9 Å². The van der Waals surface area contributed by atoms with Gasteiger partial charge in [-0.1, -0.05) is 13.8 Å². The van der Waals surface area contributed by atoms with Gasteiger partial charge in [0.05, 0.1) is 0 Å². The molecule has 1 aliphatic heterocycles. The van der Waals surface area contributed by atoms with E-state index in [0.29, 0.717) is 17.9 Å². The minimum atomic E-state index is 0. The maximum atomic E-state index is 12.3. The van der Waals surface area contributed by atoms with Gasteiger partial charge in [-0.15, -0.1) is 12.4 Å². The van der Waals surface area contributed by atoms with Crippen molar-refractivity contribution in [2.24, 2.45) is 11.8 Å². The number of rotatable bonds is 4. The molecular weight excluding hydrogens is 276 g/mol. The Morgan fingerprint density at radius 1 is 1.60 bits per heavy atom. The normalized spacial score (nSPS) is 22.4. The van der Waals surface area contributed by atoms with Gasteiger partial charge in [-0.05, 0) is 32.2 Å². The summed E-state index contributed by atoms with van der Waals surface area (Å²) >= 11 is 0. The molecule has 0 aliphatic carbocycles. The largest absolute Gasteiger partial charge is 0.317 e. The van der Waals surface area contributed by atoms with Crippen molar-refractivity contribution in [3.05, 3.63) is 12.4 Å². The molecule has 2 atom stereocenters. The van der Waals surface area contributed by atoms with E-state index in [1.165, 1.54) is 0 Å². The van der Waals surface area contributed by atoms with Gasteiger partial charge in [0.25, 0.3) is 0 Å². The predicted molar refractivity (Wildman–Crippen MR) is 83.1 cm³/mol. The molecule has 20 heavy (non-hydrogen) atoms. The van der Waals surface area contributed by atoms with E-state index < -0.39 is 0 Å². The molecule has 1 saturated heterocycles. The molecule has 1 aliphatic rings. The van der Waals surface area contributed by atoms with Crippen molar-refractivity contribution in [3.8, 4) is 0 Å². The first-order valence-corrected chi connectivity index (χ1v) is 7.11. The number of aromatic nitrogens is 2. The highest BCUT2D eigenvalue weighted by molar-refractivity contribution is 5.91. The standard InChI is InChI=1S/C14H24N4O.ClH/c1-10(2)9-18-7-6-16-14(18)17-13(19)12-4-5-15-11(3)8-12;/h6-7,10-12,15H,4-5,8-9H2,1-3H3,(H,16,17,19);1H/t11-,12-;/m0./s1. The average Bonchev–Trinajstić information content (AvgIpc) is 2.75. The molecule has 1 aromatic heterocycles. The van der Waals surface area contributed by atoms with E-state index in [9.17, 15) is 4.79 Å². The summed E-state index contributed by atoms with van der Waals surface area (Å²) in [5.74, 6) is 1.40. The Balaban J connectivity index is 0.00000200. The van der Waals surface area contributed by atoms with E-state index in [0.717, 1.165) is 25.9 Å². The number of imidazole rings is 1. The topological polar surface area (TPSA) is 59.0 Å². The zero-order valence-corrected chi connectivity index (χ0v) is 13.2. The third-order valence-electron chi connectivity index (χ3n) is 3.51. The lowest BCUT2D eigenvalue weighted by Crippen LogP contribution is -2.40. The monoisotopic (exact) mass is 300 g/mol. The highest BCUT2D eigenvalue weighted by atomic mass is 35.5. The van der Waals surface area contributed by atoms with Gasteiger partial charge in [0.15, 0.2) is 0 Å². The van der Waals surface area contributed by atoms with Crippen LogP contribution in [-0.4, -0.2) is 28.0 Å². The Hall–Kier alpha value is -1.07. The minimum absolute atomic E-state index is 0. The number of piperidine rings is 1. The van der Waals surface area contributed by atoms with Crippen LogP contribution in [0.25, 0.3) is 0 Å². The molecule has 2 N–H and O–H groups in total. The van der Waals surface area contributed by atoms with Gasteiger partial charge in [0.1, 0.15) is 0 Å². The van der Waals surface area contributed by atoms with Crippen LogP contribution in [0.5, 0.6) is 0 Å². The molecule has 114 valence electrons. The number of amides is 1. The zero-order valence-electron chi connectivity index (χ0n) is 12.4. The fraction of sp³-hybridized carbons (Fsp3) is 0.714. The Bertz CT molecular complexity index is 433. The molecule has 0 aromatic carbocycles. The predicted octanol–water partition coefficient (Wildman–Crippen LogP) is 2.29. The van der Waals surface area contributed by atoms with Crippen LogP contribution in [0.4, 0.5) is 5.95 Å². The molecule has 0 spiro atoms. The van der Waals surface area contributed by atoms with Crippen molar-refractivity contribution in [1.82, 2.24) is 14.9 Å². The molecule has 1 fully saturated rings. The van der Waals surface area contributed by atoms with Crippen molar-refractivity contribution in [1.29, 1.82) is 0 Å². The van der Waals surface area contributed by atoms with E-state index in [2.05, 4.69) is 36.4 Å². The van der Waals surface area contributed by atoms with Gasteiger partial charge in [0, 0.05) is 30.9 Å². The molecule has 0 unspecified atom stereocenters. The molecule has 0 saturated carbocycles. The zero-order chi connectivity index (χ0) is 13.8. The summed E-state index contributed by atoms with van der Waals surface area (Å²) in [6.45, 7) is 8.22. The van der Waals surface area contributed by atoms with Crippen LogP contribution < -0.4 is 10.6 Å². The lowest BCUT2D eigenvalue weighted by atomic mass is 9.92. The van der Waals surface area contributed by atoms with Crippen LogP contribution in [0.3, 0.4) is 0 Å². The molecule has 6 heteroatoms. The van der Waals surface area contributed by atoms with Crippen LogP contribution in [0.1, 0.15) is 33.6 Å². The minimum Gasteiger partial charge on any atom is -0.317 e. The Labute approximate surface area is 126 Å². The molecule has 2 heterocycles. The second-order valence-corrected chi connectivity index (χ2v) is 5.86. The maximum Gasteiger partial charge on any atom is 0.229 e. The van der Waals surface area contributed by atoms with Crippen molar-refractivity contribution < 1.29 is 4.79 Å². The summed E-state index contributed by atoms with van der Waals surface area (Å²) in [6.07, 6.45) is 5.46. The highest BCUT2D eigenvalue weighted by Crippen LogP contribution is 2.18. The third kappa shape index (κ3) is 4.49. The molecular formula is C14H25ClN4O. The van der Waals surface area contributed by atoms with Crippen molar-refractivity contribution >= 4 is 24.3 Å². The second kappa shape index (κ2) is 7.64. The first-order chi connectivity index (χ1) is 9.06. The van der Waals surface area contributed by atoms with Gasteiger partial charge in [-0.25, -0.2) is 4.98 Å². The van der Waals surface area contributed by atoms with Gasteiger partial charge < -0.3 is 9.88 Å². The molecule has 0 bridgehead atoms. The number of hydrogen-bond donors (Lipinski definition) is 2. The van der Waals surface area contributed by atoms with E-state index in [-0.39, 0.29) is 24.2 Å². The first-order valence-electron chi connectivity index (χ1n) is 7.11. The summed E-state index contributed by atoms with van der Waals surface area (Å²) in [5.41, 5.74) is 0. The lowest BCUT2D eigenvalue weighted by Gasteiger charge is -2.27. The van der Waals surface area contributed by atoms with E-state index in [1.54, 1.807) is 6.20 Å². The van der Waals surface area contributed by atoms with Crippen LogP contribution in [0, 0.1) is 11.8 Å². The van der Waals surface area contributed by atoms with Crippen molar-refractivity contribution in [2.45, 2.75) is 46.2 Å². The smallest absolute Gasteiger partial charge is 0.229 e. The fourth-order valence-electron chi connectivity index (χ4n) is 2.56. The molecule has 0 radical (unpaired) electrons.